The van der Waals surface area contributed by atoms with Crippen molar-refractivity contribution in [2.75, 3.05) is 6.54 Å². The predicted molar refractivity (Wildman–Crippen MR) is 65.0 cm³/mol. The van der Waals surface area contributed by atoms with E-state index in [4.69, 9.17) is 5.11 Å². The molecule has 0 amide bonds. The Morgan fingerprint density at radius 3 is 2.82 bits per heavy atom. The molecule has 1 fully saturated rings. The Balaban J connectivity index is 2.37. The molecule has 1 aliphatic rings. The zero-order valence-electron chi connectivity index (χ0n) is 9.83. The quantitative estimate of drug-likeness (QED) is 0.887. The Morgan fingerprint density at radius 2 is 2.24 bits per heavy atom. The van der Waals surface area contributed by atoms with Crippen molar-refractivity contribution >= 4 is 10.0 Å². The molecule has 0 aromatic heterocycles. The minimum absolute atomic E-state index is 0.0674. The van der Waals surface area contributed by atoms with Gasteiger partial charge in [0.15, 0.2) is 0 Å². The standard InChI is InChI=1S/C12H17NO3S/c1-10-4-3-7-13(10)17(15,16)12-6-2-5-11(8-12)9-14/h2,5-6,8,10,14H,3-4,7,9H2,1H3. The van der Waals surface area contributed by atoms with Gasteiger partial charge in [-0.05, 0) is 37.5 Å². The van der Waals surface area contributed by atoms with Crippen LogP contribution in [0, 0.1) is 0 Å². The van der Waals surface area contributed by atoms with Gasteiger partial charge in [0.1, 0.15) is 0 Å². The first-order valence-corrected chi connectivity index (χ1v) is 7.21. The summed E-state index contributed by atoms with van der Waals surface area (Å²) in [5.41, 5.74) is 0.623. The van der Waals surface area contributed by atoms with Crippen molar-refractivity contribution < 1.29 is 13.5 Å². The van der Waals surface area contributed by atoms with Gasteiger partial charge < -0.3 is 5.11 Å². The highest BCUT2D eigenvalue weighted by atomic mass is 32.2. The van der Waals surface area contributed by atoms with E-state index in [1.807, 2.05) is 6.92 Å². The van der Waals surface area contributed by atoms with Crippen LogP contribution in [0.1, 0.15) is 25.3 Å². The van der Waals surface area contributed by atoms with Gasteiger partial charge in [-0.1, -0.05) is 12.1 Å². The smallest absolute Gasteiger partial charge is 0.243 e. The third kappa shape index (κ3) is 2.36. The number of rotatable bonds is 3. The van der Waals surface area contributed by atoms with Crippen LogP contribution in [0.4, 0.5) is 0 Å². The summed E-state index contributed by atoms with van der Waals surface area (Å²) in [5, 5.41) is 9.04. The van der Waals surface area contributed by atoms with Crippen LogP contribution < -0.4 is 0 Å². The molecule has 1 aromatic carbocycles. The van der Waals surface area contributed by atoms with E-state index in [9.17, 15) is 8.42 Å². The first-order chi connectivity index (χ1) is 8.05. The third-order valence-corrected chi connectivity index (χ3v) is 5.19. The summed E-state index contributed by atoms with van der Waals surface area (Å²) in [6.45, 7) is 2.38. The average Bonchev–Trinajstić information content (AvgIpc) is 2.76. The Morgan fingerprint density at radius 1 is 1.47 bits per heavy atom. The second kappa shape index (κ2) is 4.76. The molecular formula is C12H17NO3S. The number of aliphatic hydroxyl groups is 1. The molecule has 0 aliphatic carbocycles. The van der Waals surface area contributed by atoms with Crippen LogP contribution in [0.25, 0.3) is 0 Å². The fourth-order valence-electron chi connectivity index (χ4n) is 2.20. The Bertz CT molecular complexity index is 498. The monoisotopic (exact) mass is 255 g/mol. The predicted octanol–water partition coefficient (Wildman–Crippen LogP) is 1.35. The highest BCUT2D eigenvalue weighted by Gasteiger charge is 2.32. The molecule has 1 saturated heterocycles. The second-order valence-electron chi connectivity index (χ2n) is 4.41. The van der Waals surface area contributed by atoms with E-state index in [0.717, 1.165) is 12.8 Å². The van der Waals surface area contributed by atoms with Crippen molar-refractivity contribution in [3.8, 4) is 0 Å². The number of hydrogen-bond acceptors (Lipinski definition) is 3. The molecule has 0 spiro atoms. The first-order valence-electron chi connectivity index (χ1n) is 5.77. The highest BCUT2D eigenvalue weighted by molar-refractivity contribution is 7.89. The summed E-state index contributed by atoms with van der Waals surface area (Å²) in [6.07, 6.45) is 1.83. The Hall–Kier alpha value is -0.910. The zero-order chi connectivity index (χ0) is 12.5. The van der Waals surface area contributed by atoms with Gasteiger partial charge in [0.25, 0.3) is 0 Å². The largest absolute Gasteiger partial charge is 0.392 e. The number of sulfonamides is 1. The molecule has 0 saturated carbocycles. The maximum absolute atomic E-state index is 12.4. The summed E-state index contributed by atoms with van der Waals surface area (Å²) in [7, 11) is -3.40. The van der Waals surface area contributed by atoms with Crippen LogP contribution in [0.3, 0.4) is 0 Å². The van der Waals surface area contributed by atoms with E-state index in [0.29, 0.717) is 12.1 Å². The zero-order valence-corrected chi connectivity index (χ0v) is 10.7. The van der Waals surface area contributed by atoms with E-state index in [-0.39, 0.29) is 17.5 Å². The number of hydrogen-bond donors (Lipinski definition) is 1. The Labute approximate surface area is 102 Å². The molecule has 1 aromatic rings. The molecule has 1 N–H and O–H groups in total. The van der Waals surface area contributed by atoms with Crippen molar-refractivity contribution in [3.63, 3.8) is 0 Å². The lowest BCUT2D eigenvalue weighted by atomic mass is 10.2. The van der Waals surface area contributed by atoms with E-state index in [1.165, 1.54) is 0 Å². The molecule has 94 valence electrons. The molecule has 5 heteroatoms. The van der Waals surface area contributed by atoms with Crippen LogP contribution in [-0.4, -0.2) is 30.4 Å². The highest BCUT2D eigenvalue weighted by Crippen LogP contribution is 2.25. The van der Waals surface area contributed by atoms with Crippen LogP contribution in [0.2, 0.25) is 0 Å². The van der Waals surface area contributed by atoms with Crippen molar-refractivity contribution in [2.45, 2.75) is 37.3 Å². The van der Waals surface area contributed by atoms with Crippen molar-refractivity contribution in [1.29, 1.82) is 0 Å². The minimum atomic E-state index is -3.40. The summed E-state index contributed by atoms with van der Waals surface area (Å²) in [5.74, 6) is 0. The molecular weight excluding hydrogens is 238 g/mol. The first kappa shape index (κ1) is 12.5. The van der Waals surface area contributed by atoms with Gasteiger partial charge in [0, 0.05) is 12.6 Å². The molecule has 2 rings (SSSR count). The molecule has 1 heterocycles. The fraction of sp³-hybridized carbons (Fsp3) is 0.500. The van der Waals surface area contributed by atoms with Gasteiger partial charge >= 0.3 is 0 Å². The molecule has 4 nitrogen and oxygen atoms in total. The topological polar surface area (TPSA) is 57.6 Å². The normalized spacial score (nSPS) is 21.9. The molecule has 1 unspecified atom stereocenters. The van der Waals surface area contributed by atoms with Gasteiger partial charge in [-0.25, -0.2) is 8.42 Å². The molecule has 1 atom stereocenters. The second-order valence-corrected chi connectivity index (χ2v) is 6.30. The summed E-state index contributed by atoms with van der Waals surface area (Å²) < 4.78 is 26.3. The van der Waals surface area contributed by atoms with Gasteiger partial charge in [-0.3, -0.25) is 0 Å². The summed E-state index contributed by atoms with van der Waals surface area (Å²) in [6, 6.07) is 6.57. The molecule has 1 aliphatic heterocycles. The van der Waals surface area contributed by atoms with Crippen LogP contribution in [-0.2, 0) is 16.6 Å². The van der Waals surface area contributed by atoms with E-state index in [2.05, 4.69) is 0 Å². The van der Waals surface area contributed by atoms with Gasteiger partial charge in [-0.2, -0.15) is 4.31 Å². The third-order valence-electron chi connectivity index (χ3n) is 3.18. The molecule has 0 bridgehead atoms. The van der Waals surface area contributed by atoms with E-state index < -0.39 is 10.0 Å². The molecule has 0 radical (unpaired) electrons. The lowest BCUT2D eigenvalue weighted by Crippen LogP contribution is -2.33. The van der Waals surface area contributed by atoms with E-state index >= 15 is 0 Å². The van der Waals surface area contributed by atoms with Crippen molar-refractivity contribution in [2.24, 2.45) is 0 Å². The SMILES string of the molecule is CC1CCCN1S(=O)(=O)c1cccc(CO)c1. The molecule has 17 heavy (non-hydrogen) atoms. The maximum Gasteiger partial charge on any atom is 0.243 e. The summed E-state index contributed by atoms with van der Waals surface area (Å²) >= 11 is 0. The number of nitrogens with zero attached hydrogens (tertiary/aromatic N) is 1. The summed E-state index contributed by atoms with van der Waals surface area (Å²) in [4.78, 5) is 0.276. The van der Waals surface area contributed by atoms with Gasteiger partial charge in [0.05, 0.1) is 11.5 Å². The lowest BCUT2D eigenvalue weighted by Gasteiger charge is -2.21. The van der Waals surface area contributed by atoms with Gasteiger partial charge in [0.2, 0.25) is 10.0 Å². The van der Waals surface area contributed by atoms with Gasteiger partial charge in [-0.15, -0.1) is 0 Å². The van der Waals surface area contributed by atoms with Crippen LogP contribution >= 0.6 is 0 Å². The fourth-order valence-corrected chi connectivity index (χ4v) is 3.97. The van der Waals surface area contributed by atoms with Crippen molar-refractivity contribution in [1.82, 2.24) is 4.31 Å². The maximum atomic E-state index is 12.4. The van der Waals surface area contributed by atoms with Crippen LogP contribution in [0.5, 0.6) is 0 Å². The van der Waals surface area contributed by atoms with E-state index in [1.54, 1.807) is 28.6 Å². The minimum Gasteiger partial charge on any atom is -0.392 e. The van der Waals surface area contributed by atoms with Crippen LogP contribution in [0.15, 0.2) is 29.2 Å². The Kier molecular flexibility index (Phi) is 3.51. The van der Waals surface area contributed by atoms with Crippen molar-refractivity contribution in [3.05, 3.63) is 29.8 Å². The lowest BCUT2D eigenvalue weighted by molar-refractivity contribution is 0.281. The number of benzene rings is 1. The average molecular weight is 255 g/mol. The number of aliphatic hydroxyl groups excluding tert-OH is 1.